The van der Waals surface area contributed by atoms with Crippen LogP contribution in [0.3, 0.4) is 0 Å². The molecule has 0 aromatic heterocycles. The Balaban J connectivity index is 2.10. The normalized spacial score (nSPS) is 31.5. The van der Waals surface area contributed by atoms with Crippen LogP contribution in [0, 0.1) is 0 Å². The van der Waals surface area contributed by atoms with E-state index in [1.54, 1.807) is 20.8 Å². The summed E-state index contributed by atoms with van der Waals surface area (Å²) in [5.41, 5.74) is 1.56. The van der Waals surface area contributed by atoms with E-state index in [0.29, 0.717) is 0 Å². The third-order valence-electron chi connectivity index (χ3n) is 2.71. The quantitative estimate of drug-likeness (QED) is 0.700. The van der Waals surface area contributed by atoms with Gasteiger partial charge in [-0.05, 0) is 20.8 Å². The van der Waals surface area contributed by atoms with Crippen LogP contribution in [0.25, 0.3) is 0 Å². The van der Waals surface area contributed by atoms with Crippen molar-refractivity contribution in [3.63, 3.8) is 0 Å². The van der Waals surface area contributed by atoms with Crippen molar-refractivity contribution in [1.82, 2.24) is 10.4 Å². The standard InChI is InChI=1S/C10H16F2N2O3/c1-9(2,3)17-8(15)14-5-10(11,12)7-6(14)4-16-13-7/h6-7,13H,4-5H2,1-3H3/t6-,7+/m0/s1. The summed E-state index contributed by atoms with van der Waals surface area (Å²) in [6, 6.07) is -1.81. The molecule has 2 atom stereocenters. The largest absolute Gasteiger partial charge is 0.444 e. The SMILES string of the molecule is CC(C)(C)OC(=O)N1CC(F)(F)[C@@H]2NOC[C@@H]21. The van der Waals surface area contributed by atoms with Crippen LogP contribution < -0.4 is 5.48 Å². The van der Waals surface area contributed by atoms with E-state index in [1.807, 2.05) is 0 Å². The molecule has 0 saturated carbocycles. The molecule has 0 aliphatic carbocycles. The Labute approximate surface area is 98.0 Å². The Hall–Kier alpha value is -0.950. The molecule has 7 heteroatoms. The third kappa shape index (κ3) is 2.35. The minimum absolute atomic E-state index is 0.0551. The number of carbonyl (C=O) groups excluding carboxylic acids is 1. The minimum Gasteiger partial charge on any atom is -0.444 e. The van der Waals surface area contributed by atoms with Gasteiger partial charge in [-0.1, -0.05) is 0 Å². The van der Waals surface area contributed by atoms with Crippen molar-refractivity contribution in [2.75, 3.05) is 13.2 Å². The number of likely N-dealkylation sites (tertiary alicyclic amines) is 1. The number of rotatable bonds is 0. The molecule has 0 spiro atoms. The maximum absolute atomic E-state index is 13.6. The van der Waals surface area contributed by atoms with Crippen LogP contribution in [0.5, 0.6) is 0 Å². The van der Waals surface area contributed by atoms with Crippen LogP contribution >= 0.6 is 0 Å². The van der Waals surface area contributed by atoms with Crippen LogP contribution in [-0.4, -0.2) is 47.8 Å². The van der Waals surface area contributed by atoms with Crippen molar-refractivity contribution in [3.05, 3.63) is 0 Å². The number of hydrogen-bond donors (Lipinski definition) is 1. The van der Waals surface area contributed by atoms with Gasteiger partial charge < -0.3 is 4.74 Å². The van der Waals surface area contributed by atoms with E-state index in [9.17, 15) is 13.6 Å². The molecule has 0 unspecified atom stereocenters. The first-order valence-corrected chi connectivity index (χ1v) is 5.45. The third-order valence-corrected chi connectivity index (χ3v) is 2.71. The van der Waals surface area contributed by atoms with Crippen LogP contribution in [0.2, 0.25) is 0 Å². The Bertz CT molecular complexity index is 330. The van der Waals surface area contributed by atoms with Gasteiger partial charge in [-0.25, -0.2) is 13.6 Å². The molecule has 98 valence electrons. The van der Waals surface area contributed by atoms with Gasteiger partial charge in [0.15, 0.2) is 0 Å². The first-order valence-electron chi connectivity index (χ1n) is 5.45. The summed E-state index contributed by atoms with van der Waals surface area (Å²) in [6.45, 7) is 4.51. The molecule has 2 fully saturated rings. The molecule has 0 bridgehead atoms. The van der Waals surface area contributed by atoms with Gasteiger partial charge in [0.1, 0.15) is 11.6 Å². The number of hydrogen-bond acceptors (Lipinski definition) is 4. The lowest BCUT2D eigenvalue weighted by Crippen LogP contribution is -2.43. The van der Waals surface area contributed by atoms with Gasteiger partial charge in [0.05, 0.1) is 19.2 Å². The van der Waals surface area contributed by atoms with Crippen molar-refractivity contribution >= 4 is 6.09 Å². The molecule has 2 heterocycles. The van der Waals surface area contributed by atoms with Crippen molar-refractivity contribution in [2.45, 2.75) is 44.4 Å². The van der Waals surface area contributed by atoms with Crippen molar-refractivity contribution in [2.24, 2.45) is 0 Å². The molecule has 2 saturated heterocycles. The maximum Gasteiger partial charge on any atom is 0.410 e. The zero-order valence-corrected chi connectivity index (χ0v) is 10.00. The number of nitrogens with one attached hydrogen (secondary N) is 1. The van der Waals surface area contributed by atoms with E-state index < -0.39 is 36.2 Å². The van der Waals surface area contributed by atoms with Crippen LogP contribution in [0.4, 0.5) is 13.6 Å². The minimum atomic E-state index is -2.99. The highest BCUT2D eigenvalue weighted by Crippen LogP contribution is 2.35. The predicted octanol–water partition coefficient (Wildman–Crippen LogP) is 1.14. The molecule has 2 aliphatic rings. The fourth-order valence-corrected chi connectivity index (χ4v) is 2.00. The monoisotopic (exact) mass is 250 g/mol. The maximum atomic E-state index is 13.6. The number of ether oxygens (including phenoxy) is 1. The lowest BCUT2D eigenvalue weighted by Gasteiger charge is -2.26. The first-order chi connectivity index (χ1) is 7.71. The lowest BCUT2D eigenvalue weighted by atomic mass is 10.1. The van der Waals surface area contributed by atoms with Gasteiger partial charge in [0, 0.05) is 0 Å². The molecule has 17 heavy (non-hydrogen) atoms. The summed E-state index contributed by atoms with van der Waals surface area (Å²) in [7, 11) is 0. The molecular weight excluding hydrogens is 234 g/mol. The van der Waals surface area contributed by atoms with Gasteiger partial charge in [0.2, 0.25) is 0 Å². The zero-order chi connectivity index (χ0) is 12.8. The second-order valence-electron chi connectivity index (χ2n) is 5.34. The molecule has 0 aromatic carbocycles. The van der Waals surface area contributed by atoms with Gasteiger partial charge >= 0.3 is 6.09 Å². The van der Waals surface area contributed by atoms with Crippen molar-refractivity contribution in [3.8, 4) is 0 Å². The summed E-state index contributed by atoms with van der Waals surface area (Å²) < 4.78 is 32.2. The highest BCUT2D eigenvalue weighted by Gasteiger charge is 2.59. The van der Waals surface area contributed by atoms with Crippen LogP contribution in [0.1, 0.15) is 20.8 Å². The van der Waals surface area contributed by atoms with E-state index in [4.69, 9.17) is 9.57 Å². The second-order valence-corrected chi connectivity index (χ2v) is 5.34. The highest BCUT2D eigenvalue weighted by atomic mass is 19.3. The Morgan fingerprint density at radius 3 is 2.76 bits per heavy atom. The number of halogens is 2. The average Bonchev–Trinajstić information content (AvgIpc) is 2.66. The summed E-state index contributed by atoms with van der Waals surface area (Å²) in [4.78, 5) is 17.6. The number of fused-ring (bicyclic) bond motifs is 1. The highest BCUT2D eigenvalue weighted by molar-refractivity contribution is 5.69. The van der Waals surface area contributed by atoms with Gasteiger partial charge in [-0.15, -0.1) is 0 Å². The van der Waals surface area contributed by atoms with Crippen LogP contribution in [0.15, 0.2) is 0 Å². The van der Waals surface area contributed by atoms with E-state index in [1.165, 1.54) is 0 Å². The summed E-state index contributed by atoms with van der Waals surface area (Å²) in [5, 5.41) is 0. The summed E-state index contributed by atoms with van der Waals surface area (Å²) >= 11 is 0. The molecule has 0 radical (unpaired) electrons. The molecule has 2 rings (SSSR count). The van der Waals surface area contributed by atoms with Crippen molar-refractivity contribution in [1.29, 1.82) is 0 Å². The van der Waals surface area contributed by atoms with E-state index in [-0.39, 0.29) is 6.61 Å². The second kappa shape index (κ2) is 3.78. The summed E-state index contributed by atoms with van der Waals surface area (Å²) in [5.74, 6) is -2.99. The molecule has 2 aliphatic heterocycles. The van der Waals surface area contributed by atoms with Gasteiger partial charge in [-0.3, -0.25) is 9.74 Å². The summed E-state index contributed by atoms with van der Waals surface area (Å²) in [6.07, 6.45) is -0.725. The fourth-order valence-electron chi connectivity index (χ4n) is 2.00. The lowest BCUT2D eigenvalue weighted by molar-refractivity contribution is -0.0517. The van der Waals surface area contributed by atoms with Crippen molar-refractivity contribution < 1.29 is 23.1 Å². The number of carbonyl (C=O) groups is 1. The van der Waals surface area contributed by atoms with Gasteiger partial charge in [-0.2, -0.15) is 5.48 Å². The smallest absolute Gasteiger partial charge is 0.410 e. The molecule has 1 amide bonds. The molecular formula is C10H16F2N2O3. The topological polar surface area (TPSA) is 50.8 Å². The van der Waals surface area contributed by atoms with E-state index in [2.05, 4.69) is 5.48 Å². The average molecular weight is 250 g/mol. The Kier molecular flexibility index (Phi) is 2.78. The number of amides is 1. The predicted molar refractivity (Wildman–Crippen MR) is 54.6 cm³/mol. The Morgan fingerprint density at radius 2 is 2.18 bits per heavy atom. The first kappa shape index (κ1) is 12.5. The molecule has 1 N–H and O–H groups in total. The number of nitrogens with zero attached hydrogens (tertiary/aromatic N) is 1. The van der Waals surface area contributed by atoms with Gasteiger partial charge in [0.25, 0.3) is 5.92 Å². The van der Waals surface area contributed by atoms with E-state index in [0.717, 1.165) is 4.90 Å². The van der Waals surface area contributed by atoms with Crippen LogP contribution in [-0.2, 0) is 9.57 Å². The zero-order valence-electron chi connectivity index (χ0n) is 10.00. The Morgan fingerprint density at radius 1 is 1.53 bits per heavy atom. The van der Waals surface area contributed by atoms with E-state index >= 15 is 0 Å². The molecule has 0 aromatic rings. The molecule has 5 nitrogen and oxygen atoms in total. The number of hydroxylamine groups is 1. The number of alkyl halides is 2. The fraction of sp³-hybridized carbons (Fsp3) is 0.900.